The normalized spacial score (nSPS) is 11.8. The summed E-state index contributed by atoms with van der Waals surface area (Å²) in [4.78, 5) is 35.1. The molecule has 1 unspecified atom stereocenters. The second kappa shape index (κ2) is 13.2. The van der Waals surface area contributed by atoms with Gasteiger partial charge in [0.15, 0.2) is 0 Å². The summed E-state index contributed by atoms with van der Waals surface area (Å²) < 4.78 is 19.9. The summed E-state index contributed by atoms with van der Waals surface area (Å²) in [6.07, 6.45) is -0.231. The quantitative estimate of drug-likeness (QED) is 0.285. The molecular weight excluding hydrogens is 455 g/mol. The van der Waals surface area contributed by atoms with Crippen molar-refractivity contribution in [1.82, 2.24) is 0 Å². The average Bonchev–Trinajstić information content (AvgIpc) is 2.63. The van der Waals surface area contributed by atoms with Gasteiger partial charge in [0.25, 0.3) is 0 Å². The Morgan fingerprint density at radius 1 is 0.900 bits per heavy atom. The van der Waals surface area contributed by atoms with E-state index in [4.69, 9.17) is 24.1 Å². The molecule has 0 radical (unpaired) electrons. The Kier molecular flexibility index (Phi) is 11.3. The molecule has 2 atom stereocenters. The van der Waals surface area contributed by atoms with Crippen molar-refractivity contribution in [3.8, 4) is 11.5 Å². The van der Waals surface area contributed by atoms with Gasteiger partial charge >= 0.3 is 172 Å². The summed E-state index contributed by atoms with van der Waals surface area (Å²) in [6.45, 7) is 8.41. The van der Waals surface area contributed by atoms with Crippen molar-refractivity contribution in [2.24, 2.45) is 11.8 Å². The van der Waals surface area contributed by atoms with Gasteiger partial charge in [0.1, 0.15) is 0 Å². The summed E-state index contributed by atoms with van der Waals surface area (Å²) in [5.41, 5.74) is 0.622. The molecule has 1 aromatic carbocycles. The van der Waals surface area contributed by atoms with E-state index in [9.17, 15) is 14.4 Å². The number of aliphatic carboxylic acids is 1. The Balaban J connectivity index is 2.89. The monoisotopic (exact) mass is 486 g/mol. The number of hydrogen-bond donors (Lipinski definition) is 1. The third-order valence-corrected chi connectivity index (χ3v) is 5.09. The average molecular weight is 486 g/mol. The summed E-state index contributed by atoms with van der Waals surface area (Å²) in [7, 11) is 0. The summed E-state index contributed by atoms with van der Waals surface area (Å²) >= 11 is 1.07. The molecule has 0 bridgehead atoms. The van der Waals surface area contributed by atoms with Crippen LogP contribution in [0.3, 0.4) is 0 Å². The molecule has 168 valence electrons. The molecule has 0 spiro atoms. The fourth-order valence-corrected chi connectivity index (χ4v) is 2.75. The van der Waals surface area contributed by atoms with Gasteiger partial charge in [-0.2, -0.15) is 0 Å². The molecular formula is C21H31AsO8. The van der Waals surface area contributed by atoms with Crippen LogP contribution in [0.25, 0.3) is 0 Å². The molecule has 1 aromatic rings. The van der Waals surface area contributed by atoms with Crippen LogP contribution in [0.2, 0.25) is 4.71 Å². The van der Waals surface area contributed by atoms with Gasteiger partial charge < -0.3 is 0 Å². The van der Waals surface area contributed by atoms with E-state index in [1.54, 1.807) is 6.07 Å². The Bertz CT molecular complexity index is 717. The first-order chi connectivity index (χ1) is 14.1. The second-order valence-corrected chi connectivity index (χ2v) is 9.38. The van der Waals surface area contributed by atoms with E-state index >= 15 is 0 Å². The van der Waals surface area contributed by atoms with Crippen LogP contribution in [-0.4, -0.2) is 53.5 Å². The molecule has 1 rings (SSSR count). The first-order valence-electron chi connectivity index (χ1n) is 9.89. The van der Waals surface area contributed by atoms with Crippen molar-refractivity contribution in [3.63, 3.8) is 0 Å². The van der Waals surface area contributed by atoms with Crippen molar-refractivity contribution in [3.05, 3.63) is 23.8 Å². The Morgan fingerprint density at radius 2 is 1.40 bits per heavy atom. The molecule has 9 heteroatoms. The molecule has 0 saturated heterocycles. The van der Waals surface area contributed by atoms with Gasteiger partial charge in [0, 0.05) is 0 Å². The maximum atomic E-state index is 12.0. The van der Waals surface area contributed by atoms with Gasteiger partial charge in [-0.15, -0.1) is 0 Å². The number of rotatable bonds is 11. The molecule has 0 fully saturated rings. The zero-order chi connectivity index (χ0) is 22.7. The Labute approximate surface area is 185 Å². The van der Waals surface area contributed by atoms with Gasteiger partial charge in [-0.25, -0.2) is 0 Å². The molecule has 30 heavy (non-hydrogen) atoms. The standard InChI is InChI=1S/C21H31AsO8/c1-13(2)7-9-27-20(25)29-17-6-5-15(11-16(22)19(23)24)12-18(17)30-21(26)28-10-8-14(3)4/h5-6,12-14,16H,7-11,22H2,1-4H3,(H,23,24)/t16-/m0/s1. The van der Waals surface area contributed by atoms with Crippen molar-refractivity contribution >= 4 is 35.1 Å². The number of ether oxygens (including phenoxy) is 4. The molecule has 1 N–H and O–H groups in total. The van der Waals surface area contributed by atoms with E-state index in [0.717, 1.165) is 16.9 Å². The summed E-state index contributed by atoms with van der Waals surface area (Å²) in [5.74, 6) is -0.232. The third kappa shape index (κ3) is 10.5. The zero-order valence-electron chi connectivity index (χ0n) is 17.9. The number of benzene rings is 1. The predicted molar refractivity (Wildman–Crippen MR) is 113 cm³/mol. The molecule has 0 amide bonds. The van der Waals surface area contributed by atoms with Gasteiger partial charge in [-0.1, -0.05) is 13.8 Å². The van der Waals surface area contributed by atoms with Crippen LogP contribution in [0, 0.1) is 11.8 Å². The van der Waals surface area contributed by atoms with Crippen LogP contribution in [0.4, 0.5) is 9.59 Å². The predicted octanol–water partition coefficient (Wildman–Crippen LogP) is 3.86. The molecule has 0 aliphatic carbocycles. The van der Waals surface area contributed by atoms with Crippen LogP contribution in [0.1, 0.15) is 46.1 Å². The first-order valence-corrected chi connectivity index (χ1v) is 11.3. The topological polar surface area (TPSA) is 108 Å². The molecule has 8 nitrogen and oxygen atoms in total. The SMILES string of the molecule is CC(C)CCOC(=O)Oc1ccc(C[C@H]([AsH2])C(=O)O)cc1OC(=O)OCCC(C)C. The van der Waals surface area contributed by atoms with E-state index in [1.165, 1.54) is 12.1 Å². The van der Waals surface area contributed by atoms with Crippen molar-refractivity contribution in [2.45, 2.75) is 51.7 Å². The molecule has 0 aliphatic heterocycles. The van der Waals surface area contributed by atoms with E-state index in [2.05, 4.69) is 0 Å². The summed E-state index contributed by atoms with van der Waals surface area (Å²) in [5, 5.41) is 9.12. The number of carbonyl (C=O) groups excluding carboxylic acids is 2. The third-order valence-electron chi connectivity index (χ3n) is 4.00. The molecule has 0 heterocycles. The van der Waals surface area contributed by atoms with Crippen LogP contribution in [0.5, 0.6) is 11.5 Å². The van der Waals surface area contributed by atoms with Crippen LogP contribution < -0.4 is 9.47 Å². The van der Waals surface area contributed by atoms with Gasteiger partial charge in [0.2, 0.25) is 0 Å². The first kappa shape index (κ1) is 25.8. The Morgan fingerprint density at radius 3 is 1.87 bits per heavy atom. The number of carboxylic acid groups (broad SMARTS) is 1. The zero-order valence-corrected chi connectivity index (χ0v) is 20.3. The minimum absolute atomic E-state index is 0.0115. The van der Waals surface area contributed by atoms with E-state index in [0.29, 0.717) is 30.2 Å². The summed E-state index contributed by atoms with van der Waals surface area (Å²) in [6, 6.07) is 4.52. The van der Waals surface area contributed by atoms with Gasteiger partial charge in [-0.05, 0) is 0 Å². The van der Waals surface area contributed by atoms with Crippen molar-refractivity contribution in [2.75, 3.05) is 13.2 Å². The molecule has 0 aliphatic rings. The van der Waals surface area contributed by atoms with E-state index < -0.39 is 23.0 Å². The van der Waals surface area contributed by atoms with Gasteiger partial charge in [0.05, 0.1) is 0 Å². The fourth-order valence-electron chi connectivity index (χ4n) is 2.18. The van der Waals surface area contributed by atoms with Crippen LogP contribution in [0.15, 0.2) is 18.2 Å². The van der Waals surface area contributed by atoms with E-state index in [1.807, 2.05) is 27.7 Å². The number of carbonyl (C=O) groups is 3. The van der Waals surface area contributed by atoms with Gasteiger partial charge in [-0.3, -0.25) is 0 Å². The van der Waals surface area contributed by atoms with Crippen molar-refractivity contribution in [1.29, 1.82) is 0 Å². The number of hydrogen-bond acceptors (Lipinski definition) is 7. The van der Waals surface area contributed by atoms with Crippen LogP contribution in [-0.2, 0) is 20.7 Å². The second-order valence-electron chi connectivity index (χ2n) is 7.70. The Hall–Kier alpha value is -2.21. The van der Waals surface area contributed by atoms with Crippen LogP contribution >= 0.6 is 0 Å². The fraction of sp³-hybridized carbons (Fsp3) is 0.571. The molecule has 0 saturated carbocycles. The maximum absolute atomic E-state index is 12.0. The van der Waals surface area contributed by atoms with Crippen molar-refractivity contribution < 1.29 is 38.4 Å². The van der Waals surface area contributed by atoms with E-state index in [-0.39, 0.29) is 31.1 Å². The molecule has 0 aromatic heterocycles. The minimum atomic E-state index is -0.929. The number of carboxylic acids is 1.